The van der Waals surface area contributed by atoms with Crippen LogP contribution in [0.15, 0.2) is 29.3 Å². The van der Waals surface area contributed by atoms with E-state index >= 15 is 0 Å². The summed E-state index contributed by atoms with van der Waals surface area (Å²) >= 11 is 0. The zero-order chi connectivity index (χ0) is 17.9. The highest BCUT2D eigenvalue weighted by Crippen LogP contribution is 2.15. The number of rotatable bonds is 8. The summed E-state index contributed by atoms with van der Waals surface area (Å²) < 4.78 is 12.9. The Kier molecular flexibility index (Phi) is 8.73. The Hall–Kier alpha value is -1.62. The van der Waals surface area contributed by atoms with Crippen LogP contribution in [0.4, 0.5) is 4.39 Å². The van der Waals surface area contributed by atoms with E-state index in [0.29, 0.717) is 6.54 Å². The lowest BCUT2D eigenvalue weighted by Gasteiger charge is -2.30. The minimum absolute atomic E-state index is 0.208. The van der Waals surface area contributed by atoms with Crippen molar-refractivity contribution in [2.75, 3.05) is 32.7 Å². The van der Waals surface area contributed by atoms with Crippen LogP contribution in [-0.2, 0) is 6.54 Å². The van der Waals surface area contributed by atoms with E-state index in [4.69, 9.17) is 0 Å². The molecule has 4 nitrogen and oxygen atoms in total. The van der Waals surface area contributed by atoms with E-state index in [2.05, 4.69) is 34.4 Å². The summed E-state index contributed by atoms with van der Waals surface area (Å²) in [6, 6.07) is 6.52. The molecule has 0 amide bonds. The molecule has 1 aromatic rings. The maximum atomic E-state index is 12.9. The molecule has 1 unspecified atom stereocenters. The van der Waals surface area contributed by atoms with Gasteiger partial charge in [-0.3, -0.25) is 0 Å². The number of halogens is 1. The zero-order valence-electron chi connectivity index (χ0n) is 15.7. The van der Waals surface area contributed by atoms with Gasteiger partial charge in [0.05, 0.1) is 6.54 Å². The molecule has 1 heterocycles. The number of nitrogens with zero attached hydrogens (tertiary/aromatic N) is 2. The third kappa shape index (κ3) is 7.86. The fourth-order valence-electron chi connectivity index (χ4n) is 3.26. The van der Waals surface area contributed by atoms with Crippen molar-refractivity contribution >= 4 is 5.96 Å². The summed E-state index contributed by atoms with van der Waals surface area (Å²) in [6.45, 7) is 10.5. The second kappa shape index (κ2) is 11.1. The number of guanidine groups is 1. The van der Waals surface area contributed by atoms with Crippen molar-refractivity contribution in [3.8, 4) is 0 Å². The SMILES string of the molecule is CCNC(=NCc1ccc(F)cc1)NCCCCN1CCCC(C)C1. The molecule has 1 aliphatic rings. The average molecular weight is 349 g/mol. The van der Waals surface area contributed by atoms with Crippen LogP contribution in [0.5, 0.6) is 0 Å². The van der Waals surface area contributed by atoms with Crippen molar-refractivity contribution in [1.29, 1.82) is 0 Å². The molecule has 1 atom stereocenters. The number of likely N-dealkylation sites (tertiary alicyclic amines) is 1. The van der Waals surface area contributed by atoms with Gasteiger partial charge >= 0.3 is 0 Å². The Labute approximate surface area is 151 Å². The fourth-order valence-corrected chi connectivity index (χ4v) is 3.26. The number of hydrogen-bond donors (Lipinski definition) is 2. The minimum atomic E-state index is -0.208. The molecule has 0 aliphatic carbocycles. The van der Waals surface area contributed by atoms with Crippen LogP contribution >= 0.6 is 0 Å². The molecule has 25 heavy (non-hydrogen) atoms. The molecule has 0 bridgehead atoms. The fraction of sp³-hybridized carbons (Fsp3) is 0.650. The first kappa shape index (κ1) is 19.7. The lowest BCUT2D eigenvalue weighted by Crippen LogP contribution is -2.38. The molecule has 0 aromatic heterocycles. The smallest absolute Gasteiger partial charge is 0.191 e. The van der Waals surface area contributed by atoms with Crippen molar-refractivity contribution < 1.29 is 4.39 Å². The molecule has 1 aromatic carbocycles. The Morgan fingerprint density at radius 3 is 2.76 bits per heavy atom. The summed E-state index contributed by atoms with van der Waals surface area (Å²) in [5.41, 5.74) is 1.01. The highest BCUT2D eigenvalue weighted by Gasteiger charge is 2.15. The molecular weight excluding hydrogens is 315 g/mol. The van der Waals surface area contributed by atoms with Gasteiger partial charge in [0.15, 0.2) is 5.96 Å². The Morgan fingerprint density at radius 2 is 2.04 bits per heavy atom. The second-order valence-corrected chi connectivity index (χ2v) is 7.00. The molecule has 5 heteroatoms. The van der Waals surface area contributed by atoms with Crippen LogP contribution in [0.25, 0.3) is 0 Å². The van der Waals surface area contributed by atoms with Crippen LogP contribution in [0.2, 0.25) is 0 Å². The molecule has 1 saturated heterocycles. The minimum Gasteiger partial charge on any atom is -0.357 e. The molecule has 0 saturated carbocycles. The Balaban J connectivity index is 1.66. The molecule has 2 rings (SSSR count). The van der Waals surface area contributed by atoms with E-state index in [9.17, 15) is 4.39 Å². The summed E-state index contributed by atoms with van der Waals surface area (Å²) in [5, 5.41) is 6.66. The van der Waals surface area contributed by atoms with Gasteiger partial charge in [0.2, 0.25) is 0 Å². The average Bonchev–Trinajstić information content (AvgIpc) is 2.60. The van der Waals surface area contributed by atoms with E-state index in [-0.39, 0.29) is 5.82 Å². The first-order valence-corrected chi connectivity index (χ1v) is 9.66. The van der Waals surface area contributed by atoms with Crippen molar-refractivity contribution in [3.05, 3.63) is 35.6 Å². The molecular formula is C20H33FN4. The molecule has 2 N–H and O–H groups in total. The summed E-state index contributed by atoms with van der Waals surface area (Å²) in [4.78, 5) is 7.17. The van der Waals surface area contributed by atoms with E-state index in [1.54, 1.807) is 12.1 Å². The van der Waals surface area contributed by atoms with Crippen molar-refractivity contribution in [1.82, 2.24) is 15.5 Å². The third-order valence-electron chi connectivity index (χ3n) is 4.61. The Morgan fingerprint density at radius 1 is 1.24 bits per heavy atom. The standard InChI is InChI=1S/C20H33FN4/c1-3-22-20(24-15-18-8-10-19(21)11-9-18)23-12-4-5-13-25-14-6-7-17(2)16-25/h8-11,17H,3-7,12-16H2,1-2H3,(H2,22,23,24). The lowest BCUT2D eigenvalue weighted by molar-refractivity contribution is 0.181. The monoisotopic (exact) mass is 348 g/mol. The molecule has 1 fully saturated rings. The number of hydrogen-bond acceptors (Lipinski definition) is 2. The summed E-state index contributed by atoms with van der Waals surface area (Å²) in [5.74, 6) is 1.48. The Bertz CT molecular complexity index is 515. The zero-order valence-corrected chi connectivity index (χ0v) is 15.7. The quantitative estimate of drug-likeness (QED) is 0.430. The molecule has 140 valence electrons. The van der Waals surface area contributed by atoms with Gasteiger partial charge in [-0.05, 0) is 69.3 Å². The maximum Gasteiger partial charge on any atom is 0.191 e. The number of nitrogens with one attached hydrogen (secondary N) is 2. The van der Waals surface area contributed by atoms with Crippen molar-refractivity contribution in [2.24, 2.45) is 10.9 Å². The topological polar surface area (TPSA) is 39.7 Å². The van der Waals surface area contributed by atoms with Gasteiger partial charge < -0.3 is 15.5 Å². The van der Waals surface area contributed by atoms with Crippen LogP contribution < -0.4 is 10.6 Å². The number of piperidine rings is 1. The number of unbranched alkanes of at least 4 members (excludes halogenated alkanes) is 1. The largest absolute Gasteiger partial charge is 0.357 e. The van der Waals surface area contributed by atoms with Gasteiger partial charge in [-0.15, -0.1) is 0 Å². The predicted octanol–water partition coefficient (Wildman–Crippen LogP) is 3.39. The maximum absolute atomic E-state index is 12.9. The van der Waals surface area contributed by atoms with Crippen LogP contribution in [0.1, 0.15) is 45.1 Å². The van der Waals surface area contributed by atoms with Crippen LogP contribution in [0, 0.1) is 11.7 Å². The van der Waals surface area contributed by atoms with Crippen molar-refractivity contribution in [3.63, 3.8) is 0 Å². The summed E-state index contributed by atoms with van der Waals surface area (Å²) in [7, 11) is 0. The van der Waals surface area contributed by atoms with Gasteiger partial charge in [0, 0.05) is 19.6 Å². The second-order valence-electron chi connectivity index (χ2n) is 7.00. The summed E-state index contributed by atoms with van der Waals surface area (Å²) in [6.07, 6.45) is 5.09. The van der Waals surface area contributed by atoms with E-state index < -0.39 is 0 Å². The van der Waals surface area contributed by atoms with Gasteiger partial charge in [-0.25, -0.2) is 9.38 Å². The predicted molar refractivity (Wildman–Crippen MR) is 103 cm³/mol. The highest BCUT2D eigenvalue weighted by atomic mass is 19.1. The molecule has 0 radical (unpaired) electrons. The first-order valence-electron chi connectivity index (χ1n) is 9.66. The van der Waals surface area contributed by atoms with Gasteiger partial charge in [0.25, 0.3) is 0 Å². The number of aliphatic imine (C=N–C) groups is 1. The lowest BCUT2D eigenvalue weighted by atomic mass is 10.0. The van der Waals surface area contributed by atoms with Gasteiger partial charge in [-0.1, -0.05) is 19.1 Å². The normalized spacial score (nSPS) is 19.0. The van der Waals surface area contributed by atoms with E-state index in [1.807, 2.05) is 0 Å². The van der Waals surface area contributed by atoms with Gasteiger partial charge in [0.1, 0.15) is 5.82 Å². The van der Waals surface area contributed by atoms with E-state index in [0.717, 1.165) is 37.0 Å². The molecule has 1 aliphatic heterocycles. The first-order chi connectivity index (χ1) is 12.2. The van der Waals surface area contributed by atoms with Crippen LogP contribution in [-0.4, -0.2) is 43.6 Å². The van der Waals surface area contributed by atoms with E-state index in [1.165, 1.54) is 51.0 Å². The van der Waals surface area contributed by atoms with Crippen molar-refractivity contribution in [2.45, 2.75) is 46.1 Å². The molecule has 0 spiro atoms. The number of benzene rings is 1. The third-order valence-corrected chi connectivity index (χ3v) is 4.61. The highest BCUT2D eigenvalue weighted by molar-refractivity contribution is 5.79. The van der Waals surface area contributed by atoms with Gasteiger partial charge in [-0.2, -0.15) is 0 Å². The van der Waals surface area contributed by atoms with Crippen LogP contribution in [0.3, 0.4) is 0 Å².